The summed E-state index contributed by atoms with van der Waals surface area (Å²) in [4.78, 5) is 26.0. The molecule has 0 spiro atoms. The lowest BCUT2D eigenvalue weighted by atomic mass is 10.0. The van der Waals surface area contributed by atoms with Gasteiger partial charge in [-0.25, -0.2) is 17.5 Å². The van der Waals surface area contributed by atoms with Crippen LogP contribution in [0.3, 0.4) is 0 Å². The molecule has 8 nitrogen and oxygen atoms in total. The molecule has 0 radical (unpaired) electrons. The molecular formula is C26H31ClFN3O5S2. The summed E-state index contributed by atoms with van der Waals surface area (Å²) in [5, 5.41) is 16.7. The summed E-state index contributed by atoms with van der Waals surface area (Å²) in [7, 11) is -4.17. The highest BCUT2D eigenvalue weighted by Crippen LogP contribution is 2.25. The third-order valence-corrected chi connectivity index (χ3v) is 8.95. The van der Waals surface area contributed by atoms with Gasteiger partial charge in [-0.15, -0.1) is 11.3 Å². The molecule has 0 aliphatic heterocycles. The van der Waals surface area contributed by atoms with Gasteiger partial charge in [0.05, 0.1) is 16.0 Å². The first-order valence-corrected chi connectivity index (χ1v) is 14.8. The van der Waals surface area contributed by atoms with Gasteiger partial charge in [0, 0.05) is 17.3 Å². The molecule has 0 saturated heterocycles. The molecule has 3 rings (SSSR count). The number of amides is 2. The number of sulfonamides is 1. The van der Waals surface area contributed by atoms with Crippen LogP contribution in [0.15, 0.2) is 53.4 Å². The predicted octanol–water partition coefficient (Wildman–Crippen LogP) is 4.07. The van der Waals surface area contributed by atoms with Crippen molar-refractivity contribution in [3.8, 4) is 0 Å². The van der Waals surface area contributed by atoms with Crippen molar-refractivity contribution in [1.29, 1.82) is 0 Å². The number of hydrogen-bond acceptors (Lipinski definition) is 6. The molecule has 0 fully saturated rings. The van der Waals surface area contributed by atoms with Gasteiger partial charge in [0.2, 0.25) is 15.9 Å². The SMILES string of the molecule is CC[C@H](NS(=O)(=O)c1ccc(F)cc1Cl)[C@H](O)CNC(=O)[C@H](CC(C)C)NC(=O)c1cc2ccccc2s1. The Bertz CT molecular complexity index is 1360. The molecule has 0 unspecified atom stereocenters. The van der Waals surface area contributed by atoms with E-state index in [1.165, 1.54) is 11.3 Å². The first-order chi connectivity index (χ1) is 17.9. The first-order valence-electron chi connectivity index (χ1n) is 12.1. The van der Waals surface area contributed by atoms with Crippen LogP contribution in [0.5, 0.6) is 0 Å². The van der Waals surface area contributed by atoms with Crippen LogP contribution in [0.1, 0.15) is 43.3 Å². The van der Waals surface area contributed by atoms with Gasteiger partial charge in [-0.3, -0.25) is 9.59 Å². The Labute approximate surface area is 230 Å². The summed E-state index contributed by atoms with van der Waals surface area (Å²) >= 11 is 7.22. The van der Waals surface area contributed by atoms with Gasteiger partial charge in [-0.2, -0.15) is 0 Å². The monoisotopic (exact) mass is 583 g/mol. The molecule has 0 bridgehead atoms. The Hall–Kier alpha value is -2.57. The van der Waals surface area contributed by atoms with Crippen LogP contribution in [0.4, 0.5) is 4.39 Å². The Morgan fingerprint density at radius 3 is 2.47 bits per heavy atom. The van der Waals surface area contributed by atoms with Crippen LogP contribution in [-0.4, -0.2) is 50.1 Å². The predicted molar refractivity (Wildman–Crippen MR) is 147 cm³/mol. The number of carbonyl (C=O) groups is 2. The van der Waals surface area contributed by atoms with Gasteiger partial charge < -0.3 is 15.7 Å². The van der Waals surface area contributed by atoms with E-state index in [1.54, 1.807) is 13.0 Å². The Morgan fingerprint density at radius 1 is 1.13 bits per heavy atom. The maximum atomic E-state index is 13.3. The van der Waals surface area contributed by atoms with Gasteiger partial charge in [-0.1, -0.05) is 50.6 Å². The fourth-order valence-electron chi connectivity index (χ4n) is 3.89. The van der Waals surface area contributed by atoms with Crippen molar-refractivity contribution in [2.45, 2.75) is 56.7 Å². The third kappa shape index (κ3) is 7.73. The zero-order chi connectivity index (χ0) is 28.0. The number of nitrogens with one attached hydrogen (secondary N) is 3. The molecular weight excluding hydrogens is 553 g/mol. The number of aliphatic hydroxyl groups is 1. The first kappa shape index (κ1) is 30.0. The lowest BCUT2D eigenvalue weighted by Crippen LogP contribution is -2.52. The second kappa shape index (κ2) is 13.0. The number of rotatable bonds is 12. The van der Waals surface area contributed by atoms with E-state index in [0.29, 0.717) is 11.3 Å². The number of aliphatic hydroxyl groups excluding tert-OH is 1. The molecule has 2 amide bonds. The number of fused-ring (bicyclic) bond motifs is 1. The minimum Gasteiger partial charge on any atom is -0.390 e. The van der Waals surface area contributed by atoms with Gasteiger partial charge in [0.25, 0.3) is 5.91 Å². The van der Waals surface area contributed by atoms with Gasteiger partial charge >= 0.3 is 0 Å². The van der Waals surface area contributed by atoms with Crippen molar-refractivity contribution >= 4 is 54.9 Å². The molecule has 3 aromatic rings. The molecule has 0 aliphatic rings. The van der Waals surface area contributed by atoms with E-state index in [9.17, 15) is 27.5 Å². The quantitative estimate of drug-likeness (QED) is 0.256. The highest BCUT2D eigenvalue weighted by molar-refractivity contribution is 7.89. The standard InChI is InChI=1S/C26H31ClFN3O5S2/c1-4-19(31-38(35,36)24-10-9-17(28)13-18(24)27)21(32)14-29-25(33)20(11-15(2)3)30-26(34)23-12-16-7-5-6-8-22(16)37-23/h5-10,12-13,15,19-21,31-32H,4,11,14H2,1-3H3,(H,29,33)(H,30,34)/t19-,20-,21+/m0/s1. The van der Waals surface area contributed by atoms with Gasteiger partial charge in [0.1, 0.15) is 16.8 Å². The maximum Gasteiger partial charge on any atom is 0.262 e. The molecule has 38 heavy (non-hydrogen) atoms. The second-order valence-electron chi connectivity index (χ2n) is 9.33. The van der Waals surface area contributed by atoms with E-state index in [2.05, 4.69) is 15.4 Å². The van der Waals surface area contributed by atoms with E-state index in [1.807, 2.05) is 38.1 Å². The highest BCUT2D eigenvalue weighted by atomic mass is 35.5. The van der Waals surface area contributed by atoms with Gasteiger partial charge in [0.15, 0.2) is 0 Å². The number of carbonyl (C=O) groups excluding carboxylic acids is 2. The lowest BCUT2D eigenvalue weighted by Gasteiger charge is -2.25. The number of thiophene rings is 1. The van der Waals surface area contributed by atoms with Crippen molar-refractivity contribution < 1.29 is 27.5 Å². The topological polar surface area (TPSA) is 125 Å². The van der Waals surface area contributed by atoms with E-state index in [-0.39, 0.29) is 34.7 Å². The number of hydrogen-bond donors (Lipinski definition) is 4. The summed E-state index contributed by atoms with van der Waals surface area (Å²) < 4.78 is 42.2. The van der Waals surface area contributed by atoms with Crippen molar-refractivity contribution in [2.24, 2.45) is 5.92 Å². The number of benzene rings is 2. The van der Waals surface area contributed by atoms with Crippen LogP contribution in [-0.2, 0) is 14.8 Å². The molecule has 2 aromatic carbocycles. The minimum atomic E-state index is -4.17. The van der Waals surface area contributed by atoms with Crippen LogP contribution in [0.25, 0.3) is 10.1 Å². The van der Waals surface area contributed by atoms with Gasteiger partial charge in [-0.05, 0) is 54.5 Å². The summed E-state index contributed by atoms with van der Waals surface area (Å²) in [6.45, 7) is 5.24. The fourth-order valence-corrected chi connectivity index (χ4v) is 6.74. The van der Waals surface area contributed by atoms with Crippen LogP contribution in [0, 0.1) is 11.7 Å². The molecule has 4 N–H and O–H groups in total. The molecule has 0 aliphatic carbocycles. The van der Waals surface area contributed by atoms with E-state index < -0.39 is 39.9 Å². The van der Waals surface area contributed by atoms with E-state index >= 15 is 0 Å². The number of halogens is 2. The van der Waals surface area contributed by atoms with Crippen LogP contribution in [0.2, 0.25) is 5.02 Å². The minimum absolute atomic E-state index is 0.0917. The fraction of sp³-hybridized carbons (Fsp3) is 0.385. The van der Waals surface area contributed by atoms with Crippen molar-refractivity contribution in [3.05, 3.63) is 64.2 Å². The van der Waals surface area contributed by atoms with Crippen molar-refractivity contribution in [3.63, 3.8) is 0 Å². The van der Waals surface area contributed by atoms with E-state index in [4.69, 9.17) is 11.6 Å². The molecule has 3 atom stereocenters. The lowest BCUT2D eigenvalue weighted by molar-refractivity contribution is -0.123. The average Bonchev–Trinajstić information content (AvgIpc) is 3.29. The Balaban J connectivity index is 1.64. The highest BCUT2D eigenvalue weighted by Gasteiger charge is 2.28. The Morgan fingerprint density at radius 2 is 1.84 bits per heavy atom. The molecule has 0 saturated carbocycles. The largest absolute Gasteiger partial charge is 0.390 e. The summed E-state index contributed by atoms with van der Waals surface area (Å²) in [5.41, 5.74) is 0. The van der Waals surface area contributed by atoms with Crippen molar-refractivity contribution in [2.75, 3.05) is 6.54 Å². The third-order valence-electron chi connectivity index (χ3n) is 5.86. The normalized spacial score (nSPS) is 14.3. The molecule has 12 heteroatoms. The Kier molecular flexibility index (Phi) is 10.2. The summed E-state index contributed by atoms with van der Waals surface area (Å²) in [6, 6.07) is 10.5. The second-order valence-corrected chi connectivity index (χ2v) is 12.5. The molecule has 1 heterocycles. The zero-order valence-corrected chi connectivity index (χ0v) is 23.6. The smallest absolute Gasteiger partial charge is 0.262 e. The average molecular weight is 584 g/mol. The molecule has 206 valence electrons. The molecule has 1 aromatic heterocycles. The summed E-state index contributed by atoms with van der Waals surface area (Å²) in [6.07, 6.45) is -0.713. The summed E-state index contributed by atoms with van der Waals surface area (Å²) in [5.74, 6) is -1.46. The van der Waals surface area contributed by atoms with Crippen molar-refractivity contribution in [1.82, 2.24) is 15.4 Å². The van der Waals surface area contributed by atoms with Crippen LogP contribution < -0.4 is 15.4 Å². The zero-order valence-electron chi connectivity index (χ0n) is 21.2. The maximum absolute atomic E-state index is 13.3. The van der Waals surface area contributed by atoms with E-state index in [0.717, 1.165) is 28.3 Å². The van der Waals surface area contributed by atoms with Crippen LogP contribution >= 0.6 is 22.9 Å².